The molecule has 1 atom stereocenters. The lowest BCUT2D eigenvalue weighted by Gasteiger charge is -2.16. The van der Waals surface area contributed by atoms with Crippen LogP contribution in [0.5, 0.6) is 5.75 Å². The number of nitrogens with one attached hydrogen (secondary N) is 1. The Kier molecular flexibility index (Phi) is 4.28. The molecule has 0 saturated carbocycles. The van der Waals surface area contributed by atoms with Crippen LogP contribution in [0.25, 0.3) is 0 Å². The van der Waals surface area contributed by atoms with Crippen LogP contribution in [-0.4, -0.2) is 31.2 Å². The predicted molar refractivity (Wildman–Crippen MR) is 83.7 cm³/mol. The van der Waals surface area contributed by atoms with Gasteiger partial charge in [0.1, 0.15) is 18.1 Å². The summed E-state index contributed by atoms with van der Waals surface area (Å²) in [4.78, 5) is 12.6. The lowest BCUT2D eigenvalue weighted by Crippen LogP contribution is -2.28. The molecule has 1 heterocycles. The molecule has 0 aliphatic rings. The van der Waals surface area contributed by atoms with E-state index < -0.39 is 6.04 Å². The van der Waals surface area contributed by atoms with Gasteiger partial charge in [0.05, 0.1) is 0 Å². The normalized spacial score (nSPS) is 11.8. The maximum atomic E-state index is 12.6. The molecule has 0 aliphatic carbocycles. The summed E-state index contributed by atoms with van der Waals surface area (Å²) >= 11 is 0. The number of aromatic hydroxyl groups is 1. The molecule has 0 fully saturated rings. The van der Waals surface area contributed by atoms with E-state index >= 15 is 0 Å². The number of nitrogens with zero attached hydrogens (tertiary/aromatic N) is 4. The van der Waals surface area contributed by atoms with Crippen LogP contribution in [0.15, 0.2) is 60.9 Å². The summed E-state index contributed by atoms with van der Waals surface area (Å²) in [6, 6.07) is 15.4. The van der Waals surface area contributed by atoms with E-state index in [0.29, 0.717) is 12.1 Å². The summed E-state index contributed by atoms with van der Waals surface area (Å²) in [5.74, 6) is -0.0869. The smallest absolute Gasteiger partial charge is 0.249 e. The summed E-state index contributed by atoms with van der Waals surface area (Å²) in [5.41, 5.74) is 1.60. The van der Waals surface area contributed by atoms with Gasteiger partial charge in [0.15, 0.2) is 0 Å². The van der Waals surface area contributed by atoms with Crippen molar-refractivity contribution in [2.45, 2.75) is 12.5 Å². The maximum absolute atomic E-state index is 12.6. The van der Waals surface area contributed by atoms with E-state index in [-0.39, 0.29) is 11.7 Å². The maximum Gasteiger partial charge on any atom is 0.249 e. The van der Waals surface area contributed by atoms with Crippen molar-refractivity contribution in [3.63, 3.8) is 0 Å². The van der Waals surface area contributed by atoms with Crippen LogP contribution in [0.2, 0.25) is 0 Å². The zero-order chi connectivity index (χ0) is 16.1. The topological polar surface area (TPSA) is 92.9 Å². The first-order chi connectivity index (χ1) is 11.2. The molecule has 23 heavy (non-hydrogen) atoms. The molecule has 7 heteroatoms. The highest BCUT2D eigenvalue weighted by molar-refractivity contribution is 5.93. The van der Waals surface area contributed by atoms with Crippen molar-refractivity contribution in [2.75, 3.05) is 5.32 Å². The van der Waals surface area contributed by atoms with Crippen molar-refractivity contribution in [3.05, 3.63) is 66.5 Å². The number of carbonyl (C=O) groups excluding carboxylic acids is 1. The highest BCUT2D eigenvalue weighted by Gasteiger charge is 2.22. The second kappa shape index (κ2) is 6.69. The number of benzene rings is 2. The number of carbonyl (C=O) groups is 1. The van der Waals surface area contributed by atoms with Crippen LogP contribution in [-0.2, 0) is 11.2 Å². The standard InChI is InChI=1S/C16H15N5O2/c22-14-8-6-13(7-9-14)18-16(23)15(21-11-17-19-20-21)10-12-4-2-1-3-5-12/h1-9,11,15,22H,10H2,(H,18,23)/t15-/m0/s1. The second-order valence-corrected chi connectivity index (χ2v) is 5.03. The molecule has 116 valence electrons. The Morgan fingerprint density at radius 1 is 1.13 bits per heavy atom. The van der Waals surface area contributed by atoms with Crippen LogP contribution >= 0.6 is 0 Å². The number of aromatic nitrogens is 4. The third-order valence-electron chi connectivity index (χ3n) is 3.39. The van der Waals surface area contributed by atoms with E-state index in [1.54, 1.807) is 12.1 Å². The molecule has 2 N–H and O–H groups in total. The minimum atomic E-state index is -0.568. The SMILES string of the molecule is O=C(Nc1ccc(O)cc1)[C@H](Cc1ccccc1)n1cnnn1. The van der Waals surface area contributed by atoms with Crippen LogP contribution < -0.4 is 5.32 Å². The monoisotopic (exact) mass is 309 g/mol. The Hall–Kier alpha value is -3.22. The number of tetrazole rings is 1. The van der Waals surface area contributed by atoms with Gasteiger partial charge in [0.2, 0.25) is 5.91 Å². The molecule has 0 aliphatic heterocycles. The molecular weight excluding hydrogens is 294 g/mol. The average Bonchev–Trinajstić information content (AvgIpc) is 3.10. The molecule has 1 aromatic heterocycles. The fraction of sp³-hybridized carbons (Fsp3) is 0.125. The largest absolute Gasteiger partial charge is 0.508 e. The van der Waals surface area contributed by atoms with E-state index in [2.05, 4.69) is 20.8 Å². The van der Waals surface area contributed by atoms with Crippen molar-refractivity contribution >= 4 is 11.6 Å². The predicted octanol–water partition coefficient (Wildman–Crippen LogP) is 1.80. The molecule has 0 bridgehead atoms. The van der Waals surface area contributed by atoms with Crippen molar-refractivity contribution in [3.8, 4) is 5.75 Å². The Balaban J connectivity index is 1.80. The minimum absolute atomic E-state index is 0.143. The number of hydrogen-bond donors (Lipinski definition) is 2. The van der Waals surface area contributed by atoms with Gasteiger partial charge in [-0.05, 0) is 40.3 Å². The lowest BCUT2D eigenvalue weighted by molar-refractivity contribution is -0.119. The number of amides is 1. The molecule has 3 aromatic rings. The number of rotatable bonds is 5. The first kappa shape index (κ1) is 14.7. The van der Waals surface area contributed by atoms with E-state index in [4.69, 9.17) is 0 Å². The van der Waals surface area contributed by atoms with Gasteiger partial charge in [0.25, 0.3) is 0 Å². The molecule has 7 nitrogen and oxygen atoms in total. The second-order valence-electron chi connectivity index (χ2n) is 5.03. The van der Waals surface area contributed by atoms with Crippen molar-refractivity contribution in [2.24, 2.45) is 0 Å². The number of hydrogen-bond acceptors (Lipinski definition) is 5. The Morgan fingerprint density at radius 2 is 1.87 bits per heavy atom. The van der Waals surface area contributed by atoms with Crippen LogP contribution in [0.3, 0.4) is 0 Å². The molecule has 0 unspecified atom stereocenters. The quantitative estimate of drug-likeness (QED) is 0.701. The molecule has 0 saturated heterocycles. The summed E-state index contributed by atoms with van der Waals surface area (Å²) in [6.45, 7) is 0. The number of anilines is 1. The van der Waals surface area contributed by atoms with Crippen molar-refractivity contribution in [1.29, 1.82) is 0 Å². The molecule has 0 radical (unpaired) electrons. The van der Waals surface area contributed by atoms with Gasteiger partial charge >= 0.3 is 0 Å². The van der Waals surface area contributed by atoms with Gasteiger partial charge in [-0.25, -0.2) is 4.68 Å². The third-order valence-corrected chi connectivity index (χ3v) is 3.39. The zero-order valence-corrected chi connectivity index (χ0v) is 12.2. The highest BCUT2D eigenvalue weighted by Crippen LogP contribution is 2.18. The van der Waals surface area contributed by atoms with Gasteiger partial charge in [-0.3, -0.25) is 4.79 Å². The van der Waals surface area contributed by atoms with E-state index in [9.17, 15) is 9.90 Å². The van der Waals surface area contributed by atoms with E-state index in [0.717, 1.165) is 5.56 Å². The van der Waals surface area contributed by atoms with Crippen LogP contribution in [0.1, 0.15) is 11.6 Å². The lowest BCUT2D eigenvalue weighted by atomic mass is 10.1. The van der Waals surface area contributed by atoms with E-state index in [1.807, 2.05) is 30.3 Å². The van der Waals surface area contributed by atoms with Crippen LogP contribution in [0, 0.1) is 0 Å². The molecule has 1 amide bonds. The molecular formula is C16H15N5O2. The molecule has 2 aromatic carbocycles. The Bertz CT molecular complexity index is 757. The van der Waals surface area contributed by atoms with Gasteiger partial charge in [-0.2, -0.15) is 0 Å². The fourth-order valence-electron chi connectivity index (χ4n) is 2.23. The number of phenols is 1. The summed E-state index contributed by atoms with van der Waals surface area (Å²) in [6.07, 6.45) is 1.89. The van der Waals surface area contributed by atoms with Gasteiger partial charge in [0, 0.05) is 12.1 Å². The van der Waals surface area contributed by atoms with Crippen molar-refractivity contribution < 1.29 is 9.90 Å². The van der Waals surface area contributed by atoms with Gasteiger partial charge in [-0.1, -0.05) is 30.3 Å². The number of phenolic OH excluding ortho intramolecular Hbond substituents is 1. The third kappa shape index (κ3) is 3.70. The summed E-state index contributed by atoms with van der Waals surface area (Å²) < 4.78 is 1.43. The van der Waals surface area contributed by atoms with Gasteiger partial charge < -0.3 is 10.4 Å². The van der Waals surface area contributed by atoms with Gasteiger partial charge in [-0.15, -0.1) is 5.10 Å². The minimum Gasteiger partial charge on any atom is -0.508 e. The zero-order valence-electron chi connectivity index (χ0n) is 12.2. The average molecular weight is 309 g/mol. The first-order valence-electron chi connectivity index (χ1n) is 7.08. The van der Waals surface area contributed by atoms with Crippen molar-refractivity contribution in [1.82, 2.24) is 20.2 Å². The summed E-state index contributed by atoms with van der Waals surface area (Å²) in [5, 5.41) is 23.2. The first-order valence-corrected chi connectivity index (χ1v) is 7.08. The molecule has 0 spiro atoms. The fourth-order valence-corrected chi connectivity index (χ4v) is 2.23. The Morgan fingerprint density at radius 3 is 2.52 bits per heavy atom. The summed E-state index contributed by atoms with van der Waals surface area (Å²) in [7, 11) is 0. The molecule has 3 rings (SSSR count). The van der Waals surface area contributed by atoms with Crippen LogP contribution in [0.4, 0.5) is 5.69 Å². The Labute approximate surface area is 132 Å². The van der Waals surface area contributed by atoms with E-state index in [1.165, 1.54) is 23.1 Å². The highest BCUT2D eigenvalue weighted by atomic mass is 16.3.